The molecule has 0 heterocycles. The first-order valence-corrected chi connectivity index (χ1v) is 14.7. The number of carbonyl (C=O) groups is 2. The van der Waals surface area contributed by atoms with E-state index in [1.807, 2.05) is 38.1 Å². The van der Waals surface area contributed by atoms with Crippen LogP contribution in [0.5, 0.6) is 5.75 Å². The number of para-hydroxylation sites is 2. The lowest BCUT2D eigenvalue weighted by Gasteiger charge is -2.31. The van der Waals surface area contributed by atoms with Gasteiger partial charge in [-0.05, 0) is 43.9 Å². The molecule has 9 heteroatoms. The average molecular weight is 532 g/mol. The lowest BCUT2D eigenvalue weighted by atomic mass is 10.1. The van der Waals surface area contributed by atoms with Crippen LogP contribution in [0.15, 0.2) is 48.5 Å². The van der Waals surface area contributed by atoms with E-state index in [-0.39, 0.29) is 24.8 Å². The molecule has 0 radical (unpaired) electrons. The number of sulfonamides is 1. The molecular formula is C28H41N3O5S. The number of unbranched alkanes of at least 4 members (excludes halogenated alkanes) is 1. The molecule has 0 saturated heterocycles. The highest BCUT2D eigenvalue weighted by atomic mass is 32.2. The maximum atomic E-state index is 13.5. The largest absolute Gasteiger partial charge is 0.495 e. The fourth-order valence-corrected chi connectivity index (χ4v) is 5.22. The molecule has 0 aliphatic heterocycles. The quantitative estimate of drug-likeness (QED) is 0.346. The topological polar surface area (TPSA) is 96.0 Å². The van der Waals surface area contributed by atoms with E-state index >= 15 is 0 Å². The zero-order valence-electron chi connectivity index (χ0n) is 22.7. The zero-order valence-corrected chi connectivity index (χ0v) is 23.5. The molecule has 0 bridgehead atoms. The van der Waals surface area contributed by atoms with Crippen LogP contribution < -0.4 is 14.4 Å². The lowest BCUT2D eigenvalue weighted by Crippen LogP contribution is -2.49. The van der Waals surface area contributed by atoms with Crippen LogP contribution in [0.25, 0.3) is 0 Å². The molecule has 0 aliphatic rings. The van der Waals surface area contributed by atoms with Gasteiger partial charge in [0.05, 0.1) is 19.1 Å². The van der Waals surface area contributed by atoms with E-state index in [9.17, 15) is 18.0 Å². The Kier molecular flexibility index (Phi) is 11.9. The number of hydrogen-bond acceptors (Lipinski definition) is 5. The van der Waals surface area contributed by atoms with Crippen LogP contribution in [-0.4, -0.2) is 57.6 Å². The molecule has 204 valence electrons. The van der Waals surface area contributed by atoms with E-state index < -0.39 is 16.1 Å². The third-order valence-electron chi connectivity index (χ3n) is 6.16. The second-order valence-electron chi connectivity index (χ2n) is 9.19. The molecule has 0 saturated carbocycles. The van der Waals surface area contributed by atoms with Gasteiger partial charge in [-0.3, -0.25) is 13.9 Å². The van der Waals surface area contributed by atoms with Gasteiger partial charge >= 0.3 is 0 Å². The van der Waals surface area contributed by atoms with E-state index in [1.54, 1.807) is 29.2 Å². The van der Waals surface area contributed by atoms with Crippen LogP contribution in [0, 0.1) is 6.92 Å². The first-order chi connectivity index (χ1) is 17.6. The third kappa shape index (κ3) is 9.07. The molecule has 2 amide bonds. The molecule has 0 fully saturated rings. The number of carbonyl (C=O) groups excluding carboxylic acids is 2. The number of ether oxygens (including phenoxy) is 1. The summed E-state index contributed by atoms with van der Waals surface area (Å²) in [6, 6.07) is 14.2. The summed E-state index contributed by atoms with van der Waals surface area (Å²) < 4.78 is 31.8. The van der Waals surface area contributed by atoms with E-state index in [1.165, 1.54) is 11.4 Å². The minimum Gasteiger partial charge on any atom is -0.495 e. The maximum absolute atomic E-state index is 13.5. The Hall–Kier alpha value is -3.07. The summed E-state index contributed by atoms with van der Waals surface area (Å²) in [7, 11) is -2.12. The molecule has 0 aromatic heterocycles. The number of rotatable bonds is 15. The fraction of sp³-hybridized carbons (Fsp3) is 0.500. The summed E-state index contributed by atoms with van der Waals surface area (Å²) in [5.74, 6) is 0.0892. The summed E-state index contributed by atoms with van der Waals surface area (Å²) in [6.07, 6.45) is 3.85. The van der Waals surface area contributed by atoms with E-state index in [4.69, 9.17) is 4.74 Å². The number of benzene rings is 2. The Labute approximate surface area is 222 Å². The Bertz CT molecular complexity index is 1140. The fourth-order valence-electron chi connectivity index (χ4n) is 4.25. The van der Waals surface area contributed by atoms with Crippen molar-refractivity contribution in [3.05, 3.63) is 59.7 Å². The smallest absolute Gasteiger partial charge is 0.242 e. The maximum Gasteiger partial charge on any atom is 0.242 e. The van der Waals surface area contributed by atoms with Gasteiger partial charge < -0.3 is 15.0 Å². The molecule has 8 nitrogen and oxygen atoms in total. The van der Waals surface area contributed by atoms with Crippen LogP contribution in [0.1, 0.15) is 57.1 Å². The van der Waals surface area contributed by atoms with Crippen molar-refractivity contribution in [2.75, 3.05) is 30.8 Å². The van der Waals surface area contributed by atoms with Crippen molar-refractivity contribution in [3.8, 4) is 5.75 Å². The predicted molar refractivity (Wildman–Crippen MR) is 148 cm³/mol. The van der Waals surface area contributed by atoms with E-state index in [2.05, 4.69) is 12.2 Å². The second-order valence-corrected chi connectivity index (χ2v) is 11.1. The number of anilines is 1. The number of amides is 2. The van der Waals surface area contributed by atoms with Crippen LogP contribution in [0.3, 0.4) is 0 Å². The van der Waals surface area contributed by atoms with Crippen molar-refractivity contribution in [1.29, 1.82) is 0 Å². The zero-order chi connectivity index (χ0) is 27.4. The molecule has 2 aromatic rings. The van der Waals surface area contributed by atoms with Crippen LogP contribution in [0.4, 0.5) is 5.69 Å². The molecule has 0 unspecified atom stereocenters. The average Bonchev–Trinajstić information content (AvgIpc) is 2.86. The van der Waals surface area contributed by atoms with Gasteiger partial charge in [0.2, 0.25) is 21.8 Å². The van der Waals surface area contributed by atoms with E-state index in [0.717, 1.165) is 30.2 Å². The van der Waals surface area contributed by atoms with Crippen molar-refractivity contribution >= 4 is 27.5 Å². The lowest BCUT2D eigenvalue weighted by molar-refractivity contribution is -0.141. The first kappa shape index (κ1) is 30.2. The number of nitrogens with one attached hydrogen (secondary N) is 1. The minimum atomic E-state index is -3.61. The third-order valence-corrected chi connectivity index (χ3v) is 7.34. The summed E-state index contributed by atoms with van der Waals surface area (Å²) in [5.41, 5.74) is 2.45. The molecule has 2 rings (SSSR count). The molecule has 0 aliphatic carbocycles. The van der Waals surface area contributed by atoms with Crippen molar-refractivity contribution < 1.29 is 22.7 Å². The predicted octanol–water partition coefficient (Wildman–Crippen LogP) is 4.27. The molecular weight excluding hydrogens is 490 g/mol. The van der Waals surface area contributed by atoms with Crippen molar-refractivity contribution in [3.63, 3.8) is 0 Å². The molecule has 1 atom stereocenters. The number of methoxy groups -OCH3 is 1. The standard InChI is InChI=1S/C28H41N3O5S/c1-6-8-18-29-28(33)24(7-2)30(21-23-14-11-13-22(3)20-23)27(32)17-12-19-31(37(5,34)35)25-15-9-10-16-26(25)36-4/h9-11,13-16,20,24H,6-8,12,17-19,21H2,1-5H3,(H,29,33)/t24-/m0/s1. The van der Waals surface area contributed by atoms with Gasteiger partial charge in [-0.15, -0.1) is 0 Å². The Morgan fingerprint density at radius 3 is 2.41 bits per heavy atom. The van der Waals surface area contributed by atoms with Crippen LogP contribution >= 0.6 is 0 Å². The Balaban J connectivity index is 2.22. The summed E-state index contributed by atoms with van der Waals surface area (Å²) in [4.78, 5) is 28.2. The van der Waals surface area contributed by atoms with Gasteiger partial charge in [0, 0.05) is 26.1 Å². The highest BCUT2D eigenvalue weighted by Gasteiger charge is 2.29. The summed E-state index contributed by atoms with van der Waals surface area (Å²) >= 11 is 0. The van der Waals surface area contributed by atoms with E-state index in [0.29, 0.717) is 37.4 Å². The van der Waals surface area contributed by atoms with Gasteiger partial charge in [0.15, 0.2) is 0 Å². The number of nitrogens with zero attached hydrogens (tertiary/aromatic N) is 2. The van der Waals surface area contributed by atoms with Crippen LogP contribution in [0.2, 0.25) is 0 Å². The highest BCUT2D eigenvalue weighted by molar-refractivity contribution is 7.92. The normalized spacial score (nSPS) is 12.0. The van der Waals surface area contributed by atoms with Gasteiger partial charge in [-0.2, -0.15) is 0 Å². The van der Waals surface area contributed by atoms with Crippen molar-refractivity contribution in [2.45, 2.75) is 65.5 Å². The van der Waals surface area contributed by atoms with Gasteiger partial charge in [0.1, 0.15) is 11.8 Å². The minimum absolute atomic E-state index is 0.103. The summed E-state index contributed by atoms with van der Waals surface area (Å²) in [5, 5.41) is 2.96. The highest BCUT2D eigenvalue weighted by Crippen LogP contribution is 2.29. The molecule has 37 heavy (non-hydrogen) atoms. The molecule has 1 N–H and O–H groups in total. The SMILES string of the molecule is CCCCNC(=O)[C@H](CC)N(Cc1cccc(C)c1)C(=O)CCCN(c1ccccc1OC)S(C)(=O)=O. The van der Waals surface area contributed by atoms with Crippen LogP contribution in [-0.2, 0) is 26.2 Å². The monoisotopic (exact) mass is 531 g/mol. The number of hydrogen-bond donors (Lipinski definition) is 1. The van der Waals surface area contributed by atoms with Gasteiger partial charge in [-0.25, -0.2) is 8.42 Å². The Morgan fingerprint density at radius 1 is 1.05 bits per heavy atom. The van der Waals surface area contributed by atoms with Gasteiger partial charge in [-0.1, -0.05) is 62.2 Å². The summed E-state index contributed by atoms with van der Waals surface area (Å²) in [6.45, 7) is 6.93. The number of aryl methyl sites for hydroxylation is 1. The van der Waals surface area contributed by atoms with Gasteiger partial charge in [0.25, 0.3) is 0 Å². The first-order valence-electron chi connectivity index (χ1n) is 12.9. The van der Waals surface area contributed by atoms with Crippen molar-refractivity contribution in [2.24, 2.45) is 0 Å². The second kappa shape index (κ2) is 14.6. The molecule has 2 aromatic carbocycles. The molecule has 0 spiro atoms. The van der Waals surface area contributed by atoms with Crippen molar-refractivity contribution in [1.82, 2.24) is 10.2 Å². The Morgan fingerprint density at radius 2 is 1.78 bits per heavy atom.